The fourth-order valence-electron chi connectivity index (χ4n) is 2.77. The van der Waals surface area contributed by atoms with Crippen LogP contribution in [0.15, 0.2) is 0 Å². The number of urea groups is 1. The lowest BCUT2D eigenvalue weighted by atomic mass is 9.99. The molecule has 2 rings (SSSR count). The number of piperidine rings is 1. The maximum absolute atomic E-state index is 12.3. The minimum atomic E-state index is -0.806. The Kier molecular flexibility index (Phi) is 4.63. The van der Waals surface area contributed by atoms with Gasteiger partial charge in [-0.2, -0.15) is 0 Å². The van der Waals surface area contributed by atoms with Crippen LogP contribution < -0.4 is 0 Å². The first-order chi connectivity index (χ1) is 9.08. The van der Waals surface area contributed by atoms with E-state index < -0.39 is 11.9 Å². The SMILES string of the molecule is CN(CC1CCCO1)C(=O)N1CCC[C@@H](C(=O)O)C1. The molecule has 2 aliphatic heterocycles. The molecule has 6 heteroatoms. The monoisotopic (exact) mass is 270 g/mol. The summed E-state index contributed by atoms with van der Waals surface area (Å²) in [5.41, 5.74) is 0. The van der Waals surface area contributed by atoms with Gasteiger partial charge in [0.05, 0.1) is 12.0 Å². The molecule has 0 aliphatic carbocycles. The van der Waals surface area contributed by atoms with Gasteiger partial charge in [-0.3, -0.25) is 4.79 Å². The Balaban J connectivity index is 1.85. The van der Waals surface area contributed by atoms with Crippen molar-refractivity contribution in [2.45, 2.75) is 31.8 Å². The number of hydrogen-bond acceptors (Lipinski definition) is 3. The van der Waals surface area contributed by atoms with Gasteiger partial charge in [-0.05, 0) is 25.7 Å². The average Bonchev–Trinajstić information content (AvgIpc) is 2.90. The van der Waals surface area contributed by atoms with Gasteiger partial charge >= 0.3 is 12.0 Å². The maximum atomic E-state index is 12.3. The zero-order chi connectivity index (χ0) is 13.8. The summed E-state index contributed by atoms with van der Waals surface area (Å²) in [6, 6.07) is -0.0820. The molecule has 2 aliphatic rings. The molecule has 19 heavy (non-hydrogen) atoms. The van der Waals surface area contributed by atoms with Crippen molar-refractivity contribution < 1.29 is 19.4 Å². The van der Waals surface area contributed by atoms with E-state index in [1.54, 1.807) is 16.8 Å². The van der Waals surface area contributed by atoms with Crippen molar-refractivity contribution in [1.82, 2.24) is 9.80 Å². The second kappa shape index (κ2) is 6.23. The highest BCUT2D eigenvalue weighted by molar-refractivity contribution is 5.76. The summed E-state index contributed by atoms with van der Waals surface area (Å²) in [6.45, 7) is 2.34. The lowest BCUT2D eigenvalue weighted by Crippen LogP contribution is -2.49. The van der Waals surface area contributed by atoms with Crippen LogP contribution in [0, 0.1) is 5.92 Å². The van der Waals surface area contributed by atoms with Crippen molar-refractivity contribution in [1.29, 1.82) is 0 Å². The lowest BCUT2D eigenvalue weighted by molar-refractivity contribution is -0.143. The second-order valence-corrected chi connectivity index (χ2v) is 5.42. The van der Waals surface area contributed by atoms with Crippen molar-refractivity contribution in [3.05, 3.63) is 0 Å². The van der Waals surface area contributed by atoms with Crippen LogP contribution in [-0.4, -0.2) is 66.3 Å². The van der Waals surface area contributed by atoms with Crippen LogP contribution in [0.5, 0.6) is 0 Å². The van der Waals surface area contributed by atoms with Crippen LogP contribution in [0.25, 0.3) is 0 Å². The standard InChI is InChI=1S/C13H22N2O4/c1-14(9-11-5-3-7-19-11)13(18)15-6-2-4-10(8-15)12(16)17/h10-11H,2-9H2,1H3,(H,16,17)/t10-,11?/m1/s1. The number of carboxylic acid groups (broad SMARTS) is 1. The Bertz CT molecular complexity index is 342. The number of amides is 2. The third kappa shape index (κ3) is 3.59. The Labute approximate surface area is 113 Å². The summed E-state index contributed by atoms with van der Waals surface area (Å²) in [6.07, 6.45) is 3.60. The Morgan fingerprint density at radius 3 is 2.79 bits per heavy atom. The molecule has 1 unspecified atom stereocenters. The van der Waals surface area contributed by atoms with Crippen LogP contribution in [0.2, 0.25) is 0 Å². The summed E-state index contributed by atoms with van der Waals surface area (Å²) in [7, 11) is 1.76. The number of ether oxygens (including phenoxy) is 1. The van der Waals surface area contributed by atoms with E-state index in [-0.39, 0.29) is 12.1 Å². The number of carbonyl (C=O) groups is 2. The molecule has 6 nitrogen and oxygen atoms in total. The number of nitrogens with zero attached hydrogens (tertiary/aromatic N) is 2. The number of carboxylic acids is 1. The van der Waals surface area contributed by atoms with Gasteiger partial charge in [0.15, 0.2) is 0 Å². The fourth-order valence-corrected chi connectivity index (χ4v) is 2.77. The van der Waals surface area contributed by atoms with Gasteiger partial charge in [0.1, 0.15) is 0 Å². The fraction of sp³-hybridized carbons (Fsp3) is 0.846. The molecular weight excluding hydrogens is 248 g/mol. The van der Waals surface area contributed by atoms with Crippen molar-refractivity contribution in [2.24, 2.45) is 5.92 Å². The molecule has 2 fully saturated rings. The zero-order valence-electron chi connectivity index (χ0n) is 11.4. The average molecular weight is 270 g/mol. The molecule has 2 atom stereocenters. The molecule has 0 aromatic heterocycles. The van der Waals surface area contributed by atoms with Gasteiger partial charge < -0.3 is 19.6 Å². The topological polar surface area (TPSA) is 70.1 Å². The van der Waals surface area contributed by atoms with Gasteiger partial charge in [-0.25, -0.2) is 4.79 Å². The van der Waals surface area contributed by atoms with Crippen LogP contribution in [0.3, 0.4) is 0 Å². The molecule has 0 spiro atoms. The van der Waals surface area contributed by atoms with Gasteiger partial charge in [-0.15, -0.1) is 0 Å². The van der Waals surface area contributed by atoms with Crippen LogP contribution >= 0.6 is 0 Å². The maximum Gasteiger partial charge on any atom is 0.319 e. The number of likely N-dealkylation sites (N-methyl/N-ethyl adjacent to an activating group) is 1. The molecule has 0 aromatic rings. The minimum absolute atomic E-state index is 0.0820. The second-order valence-electron chi connectivity index (χ2n) is 5.42. The third-order valence-electron chi connectivity index (χ3n) is 3.87. The molecular formula is C13H22N2O4. The summed E-state index contributed by atoms with van der Waals surface area (Å²) >= 11 is 0. The lowest BCUT2D eigenvalue weighted by Gasteiger charge is -2.34. The predicted molar refractivity (Wildman–Crippen MR) is 68.9 cm³/mol. The van der Waals surface area contributed by atoms with E-state index in [1.165, 1.54) is 0 Å². The smallest absolute Gasteiger partial charge is 0.319 e. The van der Waals surface area contributed by atoms with E-state index >= 15 is 0 Å². The van der Waals surface area contributed by atoms with Gasteiger partial charge in [0.2, 0.25) is 0 Å². The summed E-state index contributed by atoms with van der Waals surface area (Å²) in [5, 5.41) is 9.03. The van der Waals surface area contributed by atoms with E-state index in [9.17, 15) is 9.59 Å². The molecule has 2 heterocycles. The molecule has 2 saturated heterocycles. The predicted octanol–water partition coefficient (Wildman–Crippen LogP) is 1.01. The highest BCUT2D eigenvalue weighted by Crippen LogP contribution is 2.19. The molecule has 2 amide bonds. The first kappa shape index (κ1) is 14.1. The Morgan fingerprint density at radius 1 is 1.37 bits per heavy atom. The van der Waals surface area contributed by atoms with E-state index in [0.717, 1.165) is 25.9 Å². The summed E-state index contributed by atoms with van der Waals surface area (Å²) in [5.74, 6) is -1.23. The highest BCUT2D eigenvalue weighted by Gasteiger charge is 2.30. The van der Waals surface area contributed by atoms with Crippen LogP contribution in [0.1, 0.15) is 25.7 Å². The normalized spacial score (nSPS) is 27.3. The summed E-state index contributed by atoms with van der Waals surface area (Å²) < 4.78 is 5.51. The Hall–Kier alpha value is -1.30. The van der Waals surface area contributed by atoms with Gasteiger partial charge in [-0.1, -0.05) is 0 Å². The Morgan fingerprint density at radius 2 is 2.16 bits per heavy atom. The van der Waals surface area contributed by atoms with E-state index in [4.69, 9.17) is 9.84 Å². The number of carbonyl (C=O) groups excluding carboxylic acids is 1. The van der Waals surface area contributed by atoms with Crippen molar-refractivity contribution in [3.8, 4) is 0 Å². The van der Waals surface area contributed by atoms with Crippen molar-refractivity contribution >= 4 is 12.0 Å². The quantitative estimate of drug-likeness (QED) is 0.831. The molecule has 0 bridgehead atoms. The first-order valence-electron chi connectivity index (χ1n) is 6.92. The van der Waals surface area contributed by atoms with Crippen molar-refractivity contribution in [2.75, 3.05) is 33.3 Å². The number of aliphatic carboxylic acids is 1. The molecule has 0 radical (unpaired) electrons. The molecule has 0 aromatic carbocycles. The first-order valence-corrected chi connectivity index (χ1v) is 6.92. The largest absolute Gasteiger partial charge is 0.481 e. The highest BCUT2D eigenvalue weighted by atomic mass is 16.5. The number of hydrogen-bond donors (Lipinski definition) is 1. The third-order valence-corrected chi connectivity index (χ3v) is 3.87. The van der Waals surface area contributed by atoms with Gasteiger partial charge in [0.25, 0.3) is 0 Å². The molecule has 108 valence electrons. The minimum Gasteiger partial charge on any atom is -0.481 e. The van der Waals surface area contributed by atoms with E-state index in [2.05, 4.69) is 0 Å². The van der Waals surface area contributed by atoms with E-state index in [0.29, 0.717) is 26.1 Å². The van der Waals surface area contributed by atoms with Crippen LogP contribution in [0.4, 0.5) is 4.79 Å². The zero-order valence-corrected chi connectivity index (χ0v) is 11.4. The molecule has 0 saturated carbocycles. The van der Waals surface area contributed by atoms with E-state index in [1.807, 2.05) is 0 Å². The molecule has 1 N–H and O–H groups in total. The van der Waals surface area contributed by atoms with Gasteiger partial charge in [0, 0.05) is 33.3 Å². The number of likely N-dealkylation sites (tertiary alicyclic amines) is 1. The number of rotatable bonds is 3. The van der Waals surface area contributed by atoms with Crippen molar-refractivity contribution in [3.63, 3.8) is 0 Å². The van der Waals surface area contributed by atoms with Crippen LogP contribution in [-0.2, 0) is 9.53 Å². The summed E-state index contributed by atoms with van der Waals surface area (Å²) in [4.78, 5) is 26.6.